The molecule has 1 aromatic carbocycles. The van der Waals surface area contributed by atoms with Gasteiger partial charge in [0.25, 0.3) is 0 Å². The van der Waals surface area contributed by atoms with Gasteiger partial charge < -0.3 is 29.7 Å². The lowest BCUT2D eigenvalue weighted by atomic mass is 9.75. The Hall–Kier alpha value is -3.66. The first-order chi connectivity index (χ1) is 20.8. The third-order valence-corrected chi connectivity index (χ3v) is 5.87. The first-order valence-corrected chi connectivity index (χ1v) is 15.4. The highest BCUT2D eigenvalue weighted by Crippen LogP contribution is 2.36. The number of nitrogens with one attached hydrogen (secondary N) is 1. The molecule has 0 fully saturated rings. The van der Waals surface area contributed by atoms with Crippen molar-refractivity contribution in [2.45, 2.75) is 113 Å². The van der Waals surface area contributed by atoms with E-state index in [0.29, 0.717) is 37.5 Å². The number of benzene rings is 1. The molecule has 0 heterocycles. The molecule has 0 saturated heterocycles. The monoisotopic (exact) mass is 632 g/mol. The second kappa shape index (κ2) is 19.0. The predicted octanol–water partition coefficient (Wildman–Crippen LogP) is 6.70. The van der Waals surface area contributed by atoms with E-state index in [4.69, 9.17) is 19.3 Å². The predicted molar refractivity (Wildman–Crippen MR) is 179 cm³/mol. The van der Waals surface area contributed by atoms with Crippen LogP contribution in [0, 0.1) is 5.41 Å². The van der Waals surface area contributed by atoms with Gasteiger partial charge in [-0.25, -0.2) is 9.59 Å². The topological polar surface area (TPSA) is 144 Å². The van der Waals surface area contributed by atoms with Crippen molar-refractivity contribution >= 4 is 23.6 Å². The summed E-state index contributed by atoms with van der Waals surface area (Å²) in [4.78, 5) is 42.1. The minimum atomic E-state index is -0.899. The minimum Gasteiger partial charge on any atom is -0.511 e. The normalized spacial score (nSPS) is 15.7. The van der Waals surface area contributed by atoms with Crippen LogP contribution < -0.4 is 10.1 Å². The number of aliphatic imine (C=N–C) groups is 1. The molecule has 3 N–H and O–H groups in total. The number of alkyl carbamates (subject to hydrolysis) is 1. The van der Waals surface area contributed by atoms with E-state index in [1.165, 1.54) is 0 Å². The molecule has 1 unspecified atom stereocenters. The first kappa shape index (κ1) is 41.3. The molecule has 0 spiro atoms. The van der Waals surface area contributed by atoms with Gasteiger partial charge in [-0.05, 0) is 77.7 Å². The van der Waals surface area contributed by atoms with Crippen LogP contribution in [-0.2, 0) is 25.5 Å². The number of amides is 1. The van der Waals surface area contributed by atoms with Crippen molar-refractivity contribution in [2.75, 3.05) is 20.3 Å². The summed E-state index contributed by atoms with van der Waals surface area (Å²) in [5.41, 5.74) is -0.239. The minimum absolute atomic E-state index is 0.00612. The van der Waals surface area contributed by atoms with Crippen LogP contribution >= 0.6 is 0 Å². The lowest BCUT2D eigenvalue weighted by molar-refractivity contribution is -0.156. The van der Waals surface area contributed by atoms with E-state index in [2.05, 4.69) is 10.3 Å². The smallest absolute Gasteiger partial charge is 0.407 e. The van der Waals surface area contributed by atoms with Gasteiger partial charge >= 0.3 is 12.1 Å². The van der Waals surface area contributed by atoms with Crippen LogP contribution in [0.4, 0.5) is 4.79 Å². The molecule has 1 aromatic rings. The molecule has 0 aliphatic heterocycles. The van der Waals surface area contributed by atoms with Crippen molar-refractivity contribution in [3.63, 3.8) is 0 Å². The Morgan fingerprint density at radius 2 is 1.53 bits per heavy atom. The van der Waals surface area contributed by atoms with Crippen molar-refractivity contribution in [2.24, 2.45) is 10.4 Å². The van der Waals surface area contributed by atoms with Gasteiger partial charge in [0.2, 0.25) is 0 Å². The number of esters is 1. The van der Waals surface area contributed by atoms with Crippen molar-refractivity contribution < 1.29 is 38.8 Å². The number of carbonyl (C=O) groups is 3. The number of carbonyl (C=O) groups excluding carboxylic acids is 3. The zero-order valence-electron chi connectivity index (χ0n) is 29.4. The van der Waals surface area contributed by atoms with E-state index in [1.54, 1.807) is 72.8 Å². The SMILES string of the molecule is CC.CC(=NC(Cc1ccc(OC/C=C/CNC(=O)OC(C)(C)C)cc1)C(=O)OC(C)(C)C)C1=C(O)CC(C)(C)CC1=O.CO. The maximum Gasteiger partial charge on any atom is 0.407 e. The quantitative estimate of drug-likeness (QED) is 0.147. The standard InChI is InChI=1S/C32H46N2O7.C2H6.CH4O/c1-21(27-25(35)19-32(8,9)20-26(27)36)34-24(28(37)40-30(2,3)4)18-22-12-14-23(15-13-22)39-17-11-10-16-33-29(38)41-31(5,6)7;2*1-2/h10-15,24,35H,16-20H2,1-9H3,(H,33,38);1-2H3;2H,1H3/b11-10+,34-21?;;. The average Bonchev–Trinajstić information content (AvgIpc) is 2.90. The van der Waals surface area contributed by atoms with Gasteiger partial charge in [0.1, 0.15) is 29.3 Å². The molecule has 1 aliphatic carbocycles. The number of aliphatic hydroxyl groups is 2. The molecule has 1 atom stereocenters. The Labute approximate surface area is 270 Å². The number of Topliss-reactive ketones (excluding diaryl/α,β-unsaturated/α-hetero) is 1. The van der Waals surface area contributed by atoms with Gasteiger partial charge in [0.05, 0.1) is 5.57 Å². The number of ketones is 1. The summed E-state index contributed by atoms with van der Waals surface area (Å²) in [6.45, 7) is 20.9. The summed E-state index contributed by atoms with van der Waals surface area (Å²) in [6.07, 6.45) is 4.00. The number of hydrogen-bond donors (Lipinski definition) is 3. The van der Waals surface area contributed by atoms with Crippen LogP contribution in [0.25, 0.3) is 0 Å². The zero-order valence-corrected chi connectivity index (χ0v) is 29.4. The highest BCUT2D eigenvalue weighted by atomic mass is 16.6. The highest BCUT2D eigenvalue weighted by Gasteiger charge is 2.35. The summed E-state index contributed by atoms with van der Waals surface area (Å²) in [5.74, 6) is -0.0470. The Bertz CT molecular complexity index is 1180. The maximum absolute atomic E-state index is 13.1. The van der Waals surface area contributed by atoms with Crippen LogP contribution in [0.15, 0.2) is 52.7 Å². The average molecular weight is 633 g/mol. The molecule has 1 aliphatic rings. The zero-order chi connectivity index (χ0) is 35.0. The van der Waals surface area contributed by atoms with Crippen LogP contribution in [0.3, 0.4) is 0 Å². The van der Waals surface area contributed by atoms with Crippen molar-refractivity contribution in [1.82, 2.24) is 5.32 Å². The van der Waals surface area contributed by atoms with Gasteiger partial charge in [0, 0.05) is 38.6 Å². The number of ether oxygens (including phenoxy) is 3. The second-order valence-corrected chi connectivity index (χ2v) is 13.0. The highest BCUT2D eigenvalue weighted by molar-refractivity contribution is 6.22. The molecule has 10 nitrogen and oxygen atoms in total. The van der Waals surface area contributed by atoms with E-state index in [9.17, 15) is 19.5 Å². The van der Waals surface area contributed by atoms with Crippen molar-refractivity contribution in [3.8, 4) is 5.75 Å². The van der Waals surface area contributed by atoms with Crippen molar-refractivity contribution in [3.05, 3.63) is 53.3 Å². The van der Waals surface area contributed by atoms with Gasteiger partial charge in [-0.3, -0.25) is 9.79 Å². The largest absolute Gasteiger partial charge is 0.511 e. The molecule has 45 heavy (non-hydrogen) atoms. The lowest BCUT2D eigenvalue weighted by Gasteiger charge is -2.29. The molecular formula is C35H56N2O8. The fourth-order valence-electron chi connectivity index (χ4n) is 4.25. The molecule has 0 bridgehead atoms. The number of hydrogen-bond acceptors (Lipinski definition) is 9. The Balaban J connectivity index is 0.00000464. The van der Waals surface area contributed by atoms with Gasteiger partial charge in [-0.2, -0.15) is 0 Å². The molecule has 2 rings (SSSR count). The third-order valence-electron chi connectivity index (χ3n) is 5.87. The van der Waals surface area contributed by atoms with E-state index >= 15 is 0 Å². The summed E-state index contributed by atoms with van der Waals surface area (Å²) in [6, 6.07) is 6.38. The van der Waals surface area contributed by atoms with E-state index < -0.39 is 29.3 Å². The molecule has 0 radical (unpaired) electrons. The maximum atomic E-state index is 13.1. The Morgan fingerprint density at radius 3 is 2.04 bits per heavy atom. The summed E-state index contributed by atoms with van der Waals surface area (Å²) < 4.78 is 16.5. The van der Waals surface area contributed by atoms with Gasteiger partial charge in [-0.1, -0.05) is 45.9 Å². The summed E-state index contributed by atoms with van der Waals surface area (Å²) >= 11 is 0. The van der Waals surface area contributed by atoms with Gasteiger partial charge in [0.15, 0.2) is 11.8 Å². The molecule has 0 aromatic heterocycles. The third kappa shape index (κ3) is 16.8. The van der Waals surface area contributed by atoms with Crippen molar-refractivity contribution in [1.29, 1.82) is 0 Å². The molecular weight excluding hydrogens is 576 g/mol. The first-order valence-electron chi connectivity index (χ1n) is 15.4. The van der Waals surface area contributed by atoms with Crippen LogP contribution in [0.1, 0.15) is 94.6 Å². The summed E-state index contributed by atoms with van der Waals surface area (Å²) in [5, 5.41) is 20.2. The molecule has 1 amide bonds. The van der Waals surface area contributed by atoms with Crippen LogP contribution in [0.5, 0.6) is 5.75 Å². The summed E-state index contributed by atoms with van der Waals surface area (Å²) in [7, 11) is 1.00. The number of rotatable bonds is 10. The van der Waals surface area contributed by atoms with Crippen LogP contribution in [0.2, 0.25) is 0 Å². The molecule has 0 saturated carbocycles. The lowest BCUT2D eigenvalue weighted by Crippen LogP contribution is -2.34. The number of nitrogens with zero attached hydrogens (tertiary/aromatic N) is 1. The Kier molecular flexibility index (Phi) is 17.4. The fraction of sp³-hybridized carbons (Fsp3) is 0.600. The number of allylic oxidation sites excluding steroid dienone is 2. The Morgan fingerprint density at radius 1 is 0.978 bits per heavy atom. The molecule has 10 heteroatoms. The number of aliphatic hydroxyl groups excluding tert-OH is 2. The second-order valence-electron chi connectivity index (χ2n) is 13.0. The molecule has 254 valence electrons. The van der Waals surface area contributed by atoms with E-state index in [-0.39, 0.29) is 29.0 Å². The fourth-order valence-corrected chi connectivity index (χ4v) is 4.25. The van der Waals surface area contributed by atoms with E-state index in [0.717, 1.165) is 12.7 Å². The van der Waals surface area contributed by atoms with Crippen LogP contribution in [-0.4, -0.2) is 71.3 Å². The van der Waals surface area contributed by atoms with Gasteiger partial charge in [-0.15, -0.1) is 0 Å². The van der Waals surface area contributed by atoms with E-state index in [1.807, 2.05) is 39.8 Å².